The van der Waals surface area contributed by atoms with Gasteiger partial charge >= 0.3 is 0 Å². The maximum atomic E-state index is 11.8. The Kier molecular flexibility index (Phi) is 5.26. The molecule has 1 N–H and O–H groups in total. The number of nitrogens with one attached hydrogen (secondary N) is 1. The Morgan fingerprint density at radius 3 is 2.59 bits per heavy atom. The summed E-state index contributed by atoms with van der Waals surface area (Å²) in [5.41, 5.74) is 0. The Labute approximate surface area is 105 Å². The third kappa shape index (κ3) is 4.55. The van der Waals surface area contributed by atoms with Crippen LogP contribution in [0.15, 0.2) is 17.3 Å². The highest BCUT2D eigenvalue weighted by Gasteiger charge is 2.16. The summed E-state index contributed by atoms with van der Waals surface area (Å²) < 4.78 is 30.9. The zero-order chi connectivity index (χ0) is 12.9. The minimum Gasteiger partial charge on any atom is -0.384 e. The smallest absolute Gasteiger partial charge is 0.243 e. The summed E-state index contributed by atoms with van der Waals surface area (Å²) in [7, 11) is -2.01. The van der Waals surface area contributed by atoms with Crippen LogP contribution in [0.1, 0.15) is 6.92 Å². The molecule has 0 fully saturated rings. The van der Waals surface area contributed by atoms with Gasteiger partial charge < -0.3 is 4.74 Å². The third-order valence-electron chi connectivity index (χ3n) is 1.98. The van der Waals surface area contributed by atoms with Gasteiger partial charge in [0.25, 0.3) is 0 Å². The Hall–Kier alpha value is -0.760. The Bertz CT molecular complexity index is 449. The minimum atomic E-state index is -3.58. The van der Waals surface area contributed by atoms with E-state index < -0.39 is 10.0 Å². The number of rotatable bonds is 6. The monoisotopic (exact) mass is 279 g/mol. The normalized spacial score (nSPS) is 13.6. The van der Waals surface area contributed by atoms with Crippen molar-refractivity contribution < 1.29 is 13.2 Å². The predicted molar refractivity (Wildman–Crippen MR) is 63.3 cm³/mol. The molecule has 6 nitrogen and oxygen atoms in total. The van der Waals surface area contributed by atoms with Crippen molar-refractivity contribution in [1.82, 2.24) is 14.7 Å². The van der Waals surface area contributed by atoms with Crippen LogP contribution in [0.2, 0.25) is 5.28 Å². The molecule has 0 saturated heterocycles. The van der Waals surface area contributed by atoms with E-state index in [1.807, 2.05) is 6.92 Å². The van der Waals surface area contributed by atoms with Crippen molar-refractivity contribution in [3.63, 3.8) is 0 Å². The van der Waals surface area contributed by atoms with Gasteiger partial charge in [0.2, 0.25) is 15.3 Å². The fourth-order valence-corrected chi connectivity index (χ4v) is 2.27. The van der Waals surface area contributed by atoms with Gasteiger partial charge in [-0.25, -0.2) is 23.1 Å². The second kappa shape index (κ2) is 6.25. The molecule has 0 aliphatic heterocycles. The lowest BCUT2D eigenvalue weighted by atomic mass is 10.2. The van der Waals surface area contributed by atoms with E-state index in [-0.39, 0.29) is 16.1 Å². The van der Waals surface area contributed by atoms with Crippen molar-refractivity contribution in [2.45, 2.75) is 11.8 Å². The van der Waals surface area contributed by atoms with Crippen molar-refractivity contribution >= 4 is 21.6 Å². The first kappa shape index (κ1) is 14.3. The average Bonchev–Trinajstić information content (AvgIpc) is 2.28. The number of methoxy groups -OCH3 is 1. The molecule has 0 spiro atoms. The van der Waals surface area contributed by atoms with Gasteiger partial charge in [0.1, 0.15) is 4.90 Å². The van der Waals surface area contributed by atoms with Gasteiger partial charge in [-0.05, 0) is 17.5 Å². The predicted octanol–water partition coefficient (Wildman–Crippen LogP) is 0.691. The first-order valence-electron chi connectivity index (χ1n) is 4.92. The molecule has 1 aromatic heterocycles. The van der Waals surface area contributed by atoms with Crippen LogP contribution in [-0.4, -0.2) is 38.6 Å². The van der Waals surface area contributed by atoms with Crippen molar-refractivity contribution in [2.75, 3.05) is 20.3 Å². The molecular formula is C9H14ClN3O3S. The second-order valence-corrected chi connectivity index (χ2v) is 5.71. The fraction of sp³-hybridized carbons (Fsp3) is 0.556. The molecule has 0 aliphatic carbocycles. The molecule has 1 rings (SSSR count). The maximum absolute atomic E-state index is 11.8. The standard InChI is InChI=1S/C9H14ClN3O3S/c1-7(6-16-2)3-13-17(14,15)8-4-11-9(10)12-5-8/h4-5,7,13H,3,6H2,1-2H3. The molecule has 96 valence electrons. The van der Waals surface area contributed by atoms with Crippen LogP contribution in [-0.2, 0) is 14.8 Å². The third-order valence-corrected chi connectivity index (χ3v) is 3.55. The molecule has 0 saturated carbocycles. The van der Waals surface area contributed by atoms with Crippen molar-refractivity contribution in [2.24, 2.45) is 5.92 Å². The Morgan fingerprint density at radius 2 is 2.06 bits per heavy atom. The molecule has 0 radical (unpaired) electrons. The average molecular weight is 280 g/mol. The number of hydrogen-bond acceptors (Lipinski definition) is 5. The van der Waals surface area contributed by atoms with E-state index >= 15 is 0 Å². The van der Waals surface area contributed by atoms with Gasteiger partial charge in [-0.15, -0.1) is 0 Å². The molecule has 1 heterocycles. The molecule has 0 aliphatic rings. The van der Waals surface area contributed by atoms with Gasteiger partial charge in [0.15, 0.2) is 0 Å². The molecular weight excluding hydrogens is 266 g/mol. The van der Waals surface area contributed by atoms with Crippen LogP contribution < -0.4 is 4.72 Å². The van der Waals surface area contributed by atoms with Crippen LogP contribution in [0.5, 0.6) is 0 Å². The fourth-order valence-electron chi connectivity index (χ4n) is 1.12. The quantitative estimate of drug-likeness (QED) is 0.775. The molecule has 0 bridgehead atoms. The highest BCUT2D eigenvalue weighted by molar-refractivity contribution is 7.89. The summed E-state index contributed by atoms with van der Waals surface area (Å²) >= 11 is 5.48. The van der Waals surface area contributed by atoms with E-state index in [2.05, 4.69) is 14.7 Å². The molecule has 0 aromatic carbocycles. The molecule has 1 atom stereocenters. The lowest BCUT2D eigenvalue weighted by Crippen LogP contribution is -2.30. The van der Waals surface area contributed by atoms with Gasteiger partial charge in [0.05, 0.1) is 12.4 Å². The number of ether oxygens (including phenoxy) is 1. The van der Waals surface area contributed by atoms with Gasteiger partial charge in [-0.3, -0.25) is 0 Å². The molecule has 0 amide bonds. The van der Waals surface area contributed by atoms with Gasteiger partial charge in [-0.1, -0.05) is 6.92 Å². The number of hydrogen-bond donors (Lipinski definition) is 1. The van der Waals surface area contributed by atoms with E-state index in [0.717, 1.165) is 0 Å². The maximum Gasteiger partial charge on any atom is 0.243 e. The molecule has 17 heavy (non-hydrogen) atoms. The van der Waals surface area contributed by atoms with Crippen LogP contribution >= 0.6 is 11.6 Å². The van der Waals surface area contributed by atoms with E-state index in [9.17, 15) is 8.42 Å². The van der Waals surface area contributed by atoms with E-state index in [4.69, 9.17) is 16.3 Å². The molecule has 1 unspecified atom stereocenters. The summed E-state index contributed by atoms with van der Waals surface area (Å²) in [5, 5.41) is 0.0108. The lowest BCUT2D eigenvalue weighted by Gasteiger charge is -2.11. The van der Waals surface area contributed by atoms with E-state index in [1.165, 1.54) is 12.4 Å². The van der Waals surface area contributed by atoms with Crippen LogP contribution in [0.3, 0.4) is 0 Å². The summed E-state index contributed by atoms with van der Waals surface area (Å²) in [6, 6.07) is 0. The van der Waals surface area contributed by atoms with Crippen LogP contribution in [0, 0.1) is 5.92 Å². The molecule has 1 aromatic rings. The Morgan fingerprint density at radius 1 is 1.47 bits per heavy atom. The number of sulfonamides is 1. The summed E-state index contributed by atoms with van der Waals surface area (Å²) in [4.78, 5) is 7.23. The lowest BCUT2D eigenvalue weighted by molar-refractivity contribution is 0.161. The van der Waals surface area contributed by atoms with E-state index in [0.29, 0.717) is 13.2 Å². The van der Waals surface area contributed by atoms with Crippen molar-refractivity contribution in [3.05, 3.63) is 17.7 Å². The van der Waals surface area contributed by atoms with Crippen molar-refractivity contribution in [1.29, 1.82) is 0 Å². The van der Waals surface area contributed by atoms with Gasteiger partial charge in [-0.2, -0.15) is 0 Å². The zero-order valence-electron chi connectivity index (χ0n) is 9.55. The number of nitrogens with zero attached hydrogens (tertiary/aromatic N) is 2. The summed E-state index contributed by atoms with van der Waals surface area (Å²) in [6.07, 6.45) is 2.33. The van der Waals surface area contributed by atoms with Crippen LogP contribution in [0.25, 0.3) is 0 Å². The van der Waals surface area contributed by atoms with E-state index in [1.54, 1.807) is 7.11 Å². The van der Waals surface area contributed by atoms with Crippen molar-refractivity contribution in [3.8, 4) is 0 Å². The highest BCUT2D eigenvalue weighted by Crippen LogP contribution is 2.07. The topological polar surface area (TPSA) is 81.2 Å². The first-order valence-corrected chi connectivity index (χ1v) is 6.78. The van der Waals surface area contributed by atoms with Crippen LogP contribution in [0.4, 0.5) is 0 Å². The second-order valence-electron chi connectivity index (χ2n) is 3.60. The largest absolute Gasteiger partial charge is 0.384 e. The highest BCUT2D eigenvalue weighted by atomic mass is 35.5. The molecule has 8 heteroatoms. The zero-order valence-corrected chi connectivity index (χ0v) is 11.1. The summed E-state index contributed by atoms with van der Waals surface area (Å²) in [5.74, 6) is 0.0861. The van der Waals surface area contributed by atoms with Gasteiger partial charge in [0, 0.05) is 20.3 Å². The first-order chi connectivity index (χ1) is 7.95. The summed E-state index contributed by atoms with van der Waals surface area (Å²) in [6.45, 7) is 2.66. The SMILES string of the molecule is COCC(C)CNS(=O)(=O)c1cnc(Cl)nc1. The number of aromatic nitrogens is 2. The Balaban J connectivity index is 2.66. The minimum absolute atomic E-state index is 0.00785. The number of halogens is 1.